The number of rotatable bonds is 14. The molecule has 1 aromatic rings. The smallest absolute Gasteiger partial charge is 0.344 e. The molecule has 0 bridgehead atoms. The van der Waals surface area contributed by atoms with Crippen molar-refractivity contribution in [3.63, 3.8) is 0 Å². The van der Waals surface area contributed by atoms with Crippen molar-refractivity contribution in [2.24, 2.45) is 0 Å². The first-order valence-electron chi connectivity index (χ1n) is 12.4. The molecule has 0 aromatic heterocycles. The van der Waals surface area contributed by atoms with Crippen molar-refractivity contribution in [2.75, 3.05) is 0 Å². The van der Waals surface area contributed by atoms with Gasteiger partial charge in [0.25, 0.3) is 0 Å². The first kappa shape index (κ1) is 24.5. The molecule has 168 valence electrons. The van der Waals surface area contributed by atoms with Crippen LogP contribution in [0.3, 0.4) is 0 Å². The number of benzene rings is 1. The first-order valence-corrected chi connectivity index (χ1v) is 12.4. The van der Waals surface area contributed by atoms with Crippen molar-refractivity contribution in [1.82, 2.24) is 0 Å². The predicted octanol–water partition coefficient (Wildman–Crippen LogP) is 8.18. The van der Waals surface area contributed by atoms with E-state index in [-0.39, 0.29) is 0 Å². The molecule has 1 N–H and O–H groups in total. The van der Waals surface area contributed by atoms with Crippen LogP contribution < -0.4 is 4.74 Å². The summed E-state index contributed by atoms with van der Waals surface area (Å²) in [6.07, 6.45) is 20.8. The van der Waals surface area contributed by atoms with Crippen LogP contribution in [0.5, 0.6) is 5.75 Å². The number of unbranched alkanes of at least 4 members (excludes halogenated alkanes) is 8. The van der Waals surface area contributed by atoms with E-state index < -0.39 is 12.1 Å². The fraction of sp³-hybridized carbons (Fsp3) is 0.667. The second kappa shape index (κ2) is 15.1. The lowest BCUT2D eigenvalue weighted by Crippen LogP contribution is -2.26. The van der Waals surface area contributed by atoms with E-state index in [0.717, 1.165) is 25.7 Å². The van der Waals surface area contributed by atoms with Crippen LogP contribution in [0.1, 0.15) is 115 Å². The van der Waals surface area contributed by atoms with E-state index in [1.54, 1.807) is 0 Å². The van der Waals surface area contributed by atoms with Crippen molar-refractivity contribution in [1.29, 1.82) is 0 Å². The average molecular weight is 415 g/mol. The van der Waals surface area contributed by atoms with E-state index in [9.17, 15) is 9.90 Å². The molecule has 3 nitrogen and oxygen atoms in total. The number of carboxylic acids is 1. The number of ether oxygens (including phenoxy) is 1. The van der Waals surface area contributed by atoms with Crippen LogP contribution in [0.2, 0.25) is 0 Å². The van der Waals surface area contributed by atoms with Gasteiger partial charge in [0.1, 0.15) is 5.75 Å². The van der Waals surface area contributed by atoms with E-state index >= 15 is 0 Å². The van der Waals surface area contributed by atoms with Gasteiger partial charge in [0.15, 0.2) is 6.10 Å². The van der Waals surface area contributed by atoms with Crippen molar-refractivity contribution in [3.8, 4) is 5.75 Å². The summed E-state index contributed by atoms with van der Waals surface area (Å²) in [4.78, 5) is 11.6. The number of allylic oxidation sites excluding steroid dienone is 2. The van der Waals surface area contributed by atoms with Crippen molar-refractivity contribution < 1.29 is 14.6 Å². The third-order valence-corrected chi connectivity index (χ3v) is 6.14. The van der Waals surface area contributed by atoms with E-state index in [1.165, 1.54) is 81.8 Å². The van der Waals surface area contributed by atoms with Gasteiger partial charge in [0, 0.05) is 0 Å². The maximum absolute atomic E-state index is 11.6. The van der Waals surface area contributed by atoms with Gasteiger partial charge in [-0.25, -0.2) is 4.79 Å². The van der Waals surface area contributed by atoms with Gasteiger partial charge in [0.2, 0.25) is 0 Å². The molecule has 0 aliphatic heterocycles. The van der Waals surface area contributed by atoms with Gasteiger partial charge in [-0.15, -0.1) is 0 Å². The largest absolute Gasteiger partial charge is 0.479 e. The minimum absolute atomic E-state index is 0.581. The molecule has 1 aliphatic rings. The maximum atomic E-state index is 11.6. The summed E-state index contributed by atoms with van der Waals surface area (Å²) < 4.78 is 5.82. The number of hydrogen-bond donors (Lipinski definition) is 1. The molecule has 0 saturated carbocycles. The SMILES string of the molecule is CCCCCCCCCCCC(Oc1ccc(/C2=C/CCCCCC2)cc1)C(=O)O. The van der Waals surface area contributed by atoms with Gasteiger partial charge < -0.3 is 9.84 Å². The first-order chi connectivity index (χ1) is 14.7. The van der Waals surface area contributed by atoms with Crippen LogP contribution in [0.25, 0.3) is 5.57 Å². The highest BCUT2D eigenvalue weighted by molar-refractivity contribution is 5.72. The highest BCUT2D eigenvalue weighted by Gasteiger charge is 2.19. The van der Waals surface area contributed by atoms with E-state index in [1.807, 2.05) is 12.1 Å². The molecule has 0 fully saturated rings. The van der Waals surface area contributed by atoms with Crippen molar-refractivity contribution in [2.45, 2.75) is 116 Å². The molecule has 1 unspecified atom stereocenters. The molecule has 1 atom stereocenters. The number of carbonyl (C=O) groups is 1. The number of aliphatic carboxylic acids is 1. The van der Waals surface area contributed by atoms with Gasteiger partial charge in [-0.2, -0.15) is 0 Å². The van der Waals surface area contributed by atoms with Crippen LogP contribution in [-0.2, 0) is 4.79 Å². The van der Waals surface area contributed by atoms with E-state index in [0.29, 0.717) is 12.2 Å². The lowest BCUT2D eigenvalue weighted by atomic mass is 9.95. The normalized spacial score (nSPS) is 17.4. The Morgan fingerprint density at radius 1 is 0.900 bits per heavy atom. The Kier molecular flexibility index (Phi) is 12.3. The van der Waals surface area contributed by atoms with Crippen molar-refractivity contribution in [3.05, 3.63) is 35.9 Å². The molecule has 0 amide bonds. The van der Waals surface area contributed by atoms with Gasteiger partial charge in [-0.1, -0.05) is 89.3 Å². The molecular weight excluding hydrogens is 372 g/mol. The summed E-state index contributed by atoms with van der Waals surface area (Å²) in [7, 11) is 0. The molecule has 1 aromatic carbocycles. The standard InChI is InChI=1S/C27H42O3/c1-2-3-4-5-6-7-8-12-15-18-26(27(28)29)30-25-21-19-24(20-22-25)23-16-13-10-9-11-14-17-23/h16,19-22,26H,2-15,17-18H2,1H3,(H,28,29)/b23-16+. The summed E-state index contributed by atoms with van der Waals surface area (Å²) in [6.45, 7) is 2.24. The molecular formula is C27H42O3. The third-order valence-electron chi connectivity index (χ3n) is 6.14. The zero-order valence-electron chi connectivity index (χ0n) is 19.0. The molecule has 2 rings (SSSR count). The van der Waals surface area contributed by atoms with E-state index in [2.05, 4.69) is 25.1 Å². The van der Waals surface area contributed by atoms with Gasteiger partial charge in [0.05, 0.1) is 0 Å². The molecule has 0 radical (unpaired) electrons. The average Bonchev–Trinajstić information content (AvgIpc) is 2.72. The summed E-state index contributed by atoms with van der Waals surface area (Å²) in [5.74, 6) is -0.199. The van der Waals surface area contributed by atoms with Crippen LogP contribution in [0.15, 0.2) is 30.3 Å². The van der Waals surface area contributed by atoms with E-state index in [4.69, 9.17) is 4.74 Å². The highest BCUT2D eigenvalue weighted by atomic mass is 16.5. The molecule has 0 saturated heterocycles. The zero-order chi connectivity index (χ0) is 21.4. The Labute approximate surface area is 183 Å². The number of hydrogen-bond acceptors (Lipinski definition) is 2. The molecule has 0 spiro atoms. The molecule has 0 heterocycles. The lowest BCUT2D eigenvalue weighted by Gasteiger charge is -2.16. The predicted molar refractivity (Wildman–Crippen MR) is 126 cm³/mol. The Morgan fingerprint density at radius 2 is 1.53 bits per heavy atom. The summed E-state index contributed by atoms with van der Waals surface area (Å²) in [5, 5.41) is 9.54. The Bertz CT molecular complexity index is 618. The Morgan fingerprint density at radius 3 is 2.20 bits per heavy atom. The highest BCUT2D eigenvalue weighted by Crippen LogP contribution is 2.27. The lowest BCUT2D eigenvalue weighted by molar-refractivity contribution is -0.145. The second-order valence-corrected chi connectivity index (χ2v) is 8.77. The quantitative estimate of drug-likeness (QED) is 0.312. The van der Waals surface area contributed by atoms with Gasteiger partial charge in [-0.3, -0.25) is 0 Å². The van der Waals surface area contributed by atoms with Crippen LogP contribution in [-0.4, -0.2) is 17.2 Å². The summed E-state index contributed by atoms with van der Waals surface area (Å²) in [6, 6.07) is 8.03. The fourth-order valence-corrected chi connectivity index (χ4v) is 4.24. The Balaban J connectivity index is 1.73. The maximum Gasteiger partial charge on any atom is 0.344 e. The van der Waals surface area contributed by atoms with Crippen LogP contribution in [0.4, 0.5) is 0 Å². The third kappa shape index (κ3) is 9.82. The summed E-state index contributed by atoms with van der Waals surface area (Å²) in [5.41, 5.74) is 2.67. The molecule has 3 heteroatoms. The van der Waals surface area contributed by atoms with Crippen LogP contribution in [0, 0.1) is 0 Å². The molecule has 30 heavy (non-hydrogen) atoms. The minimum atomic E-state index is -0.860. The second-order valence-electron chi connectivity index (χ2n) is 8.77. The Hall–Kier alpha value is -1.77. The number of carboxylic acid groups (broad SMARTS) is 1. The topological polar surface area (TPSA) is 46.5 Å². The molecule has 1 aliphatic carbocycles. The minimum Gasteiger partial charge on any atom is -0.479 e. The fourth-order valence-electron chi connectivity index (χ4n) is 4.24. The monoisotopic (exact) mass is 414 g/mol. The van der Waals surface area contributed by atoms with Gasteiger partial charge >= 0.3 is 5.97 Å². The van der Waals surface area contributed by atoms with Crippen LogP contribution >= 0.6 is 0 Å². The van der Waals surface area contributed by atoms with Crippen molar-refractivity contribution >= 4 is 11.5 Å². The van der Waals surface area contributed by atoms with Gasteiger partial charge in [-0.05, 0) is 61.8 Å². The summed E-state index contributed by atoms with van der Waals surface area (Å²) >= 11 is 0. The zero-order valence-corrected chi connectivity index (χ0v) is 19.0.